The van der Waals surface area contributed by atoms with Crippen molar-refractivity contribution in [2.24, 2.45) is 0 Å². The second-order valence-electron chi connectivity index (χ2n) is 6.91. The molecule has 0 aromatic heterocycles. The molecular formula is C24H16Br4. The number of hydrogen-bond donors (Lipinski definition) is 0. The average Bonchev–Trinajstić information content (AvgIpc) is 2.66. The zero-order valence-corrected chi connectivity index (χ0v) is 21.6. The predicted molar refractivity (Wildman–Crippen MR) is 135 cm³/mol. The van der Waals surface area contributed by atoms with E-state index in [0.717, 1.165) is 34.6 Å². The fourth-order valence-corrected chi connectivity index (χ4v) is 5.73. The summed E-state index contributed by atoms with van der Waals surface area (Å²) >= 11 is 15.1. The van der Waals surface area contributed by atoms with Crippen LogP contribution >= 0.6 is 63.7 Å². The minimum Gasteiger partial charge on any atom is -0.0616 e. The number of rotatable bonds is 2. The summed E-state index contributed by atoms with van der Waals surface area (Å²) < 4.78 is 4.31. The lowest BCUT2D eigenvalue weighted by molar-refractivity contribution is 1.33. The van der Waals surface area contributed by atoms with E-state index in [9.17, 15) is 0 Å². The molecule has 0 bridgehead atoms. The van der Waals surface area contributed by atoms with Crippen LogP contribution in [0.15, 0.2) is 78.6 Å². The van der Waals surface area contributed by atoms with E-state index in [1.165, 1.54) is 27.5 Å². The summed E-state index contributed by atoms with van der Waals surface area (Å²) in [6, 6.07) is 21.6. The Morgan fingerprint density at radius 2 is 0.857 bits per heavy atom. The smallest absolute Gasteiger partial charge is 0.0261 e. The number of hydrogen-bond acceptors (Lipinski definition) is 0. The second-order valence-corrected chi connectivity index (χ2v) is 10.3. The molecule has 0 nitrogen and oxygen atoms in total. The number of fused-ring (bicyclic) bond motifs is 1. The normalized spacial score (nSPS) is 11.2. The van der Waals surface area contributed by atoms with Crippen molar-refractivity contribution >= 4 is 74.5 Å². The first-order valence-electron chi connectivity index (χ1n) is 8.80. The molecule has 0 amide bonds. The van der Waals surface area contributed by atoms with E-state index < -0.39 is 0 Å². The molecule has 0 unspecified atom stereocenters. The van der Waals surface area contributed by atoms with Gasteiger partial charge in [-0.2, -0.15) is 0 Å². The van der Waals surface area contributed by atoms with Crippen LogP contribution in [-0.2, 0) is 0 Å². The molecule has 4 aromatic carbocycles. The summed E-state index contributed by atoms with van der Waals surface area (Å²) in [7, 11) is 0. The molecule has 4 heteroatoms. The van der Waals surface area contributed by atoms with E-state index in [1.54, 1.807) is 0 Å². The van der Waals surface area contributed by atoms with E-state index in [0.29, 0.717) is 0 Å². The van der Waals surface area contributed by atoms with Crippen LogP contribution < -0.4 is 0 Å². The van der Waals surface area contributed by atoms with Gasteiger partial charge in [0.1, 0.15) is 0 Å². The third-order valence-electron chi connectivity index (χ3n) is 5.06. The van der Waals surface area contributed by atoms with Gasteiger partial charge in [-0.3, -0.25) is 0 Å². The van der Waals surface area contributed by atoms with Gasteiger partial charge in [0, 0.05) is 17.9 Å². The van der Waals surface area contributed by atoms with Crippen molar-refractivity contribution < 1.29 is 0 Å². The fourth-order valence-electron chi connectivity index (χ4n) is 3.37. The van der Waals surface area contributed by atoms with Crippen LogP contribution in [0.1, 0.15) is 11.1 Å². The van der Waals surface area contributed by atoms with Crippen molar-refractivity contribution in [2.75, 3.05) is 0 Å². The Bertz CT molecular complexity index is 1230. The Morgan fingerprint density at radius 1 is 0.464 bits per heavy atom. The molecule has 0 N–H and O–H groups in total. The predicted octanol–water partition coefficient (Wildman–Crippen LogP) is 9.84. The molecule has 0 saturated heterocycles. The zero-order valence-electron chi connectivity index (χ0n) is 15.3. The molecule has 0 fully saturated rings. The molecule has 0 heterocycles. The highest BCUT2D eigenvalue weighted by molar-refractivity contribution is 9.11. The lowest BCUT2D eigenvalue weighted by Gasteiger charge is -2.15. The van der Waals surface area contributed by atoms with Gasteiger partial charge >= 0.3 is 0 Å². The maximum Gasteiger partial charge on any atom is 0.0261 e. The number of aryl methyl sites for hydroxylation is 2. The first-order chi connectivity index (χ1) is 13.3. The highest BCUT2D eigenvalue weighted by atomic mass is 79.9. The van der Waals surface area contributed by atoms with Gasteiger partial charge in [0.25, 0.3) is 0 Å². The number of benzene rings is 4. The van der Waals surface area contributed by atoms with Gasteiger partial charge in [-0.05, 0) is 88.3 Å². The van der Waals surface area contributed by atoms with Gasteiger partial charge in [-0.25, -0.2) is 0 Å². The largest absolute Gasteiger partial charge is 0.0616 e. The van der Waals surface area contributed by atoms with Crippen LogP contribution in [0.5, 0.6) is 0 Å². The van der Waals surface area contributed by atoms with Crippen LogP contribution in [-0.4, -0.2) is 0 Å². The highest BCUT2D eigenvalue weighted by Crippen LogP contribution is 2.43. The fraction of sp³-hybridized carbons (Fsp3) is 0.0833. The molecule has 0 aliphatic heterocycles. The summed E-state index contributed by atoms with van der Waals surface area (Å²) in [5.41, 5.74) is 7.21. The Kier molecular flexibility index (Phi) is 5.85. The standard InChI is InChI=1S/C24H16Br4/c1-13-7-17(21(25)8-14(13)2)19-11-24(28)20(12-23(19)27)18-9-15-5-3-4-6-16(15)10-22(18)26/h3-12H,1-2H3. The Labute approximate surface area is 198 Å². The minimum atomic E-state index is 1.06. The zero-order chi connectivity index (χ0) is 20.0. The van der Waals surface area contributed by atoms with Gasteiger partial charge in [-0.15, -0.1) is 0 Å². The first-order valence-corrected chi connectivity index (χ1v) is 12.0. The van der Waals surface area contributed by atoms with Crippen molar-refractivity contribution in [3.05, 3.63) is 89.7 Å². The van der Waals surface area contributed by atoms with Crippen LogP contribution in [0.25, 0.3) is 33.0 Å². The molecule has 4 aromatic rings. The quantitative estimate of drug-likeness (QED) is 0.209. The molecule has 0 aliphatic rings. The minimum absolute atomic E-state index is 1.06. The van der Waals surface area contributed by atoms with Crippen LogP contribution in [0.4, 0.5) is 0 Å². The number of halogens is 4. The maximum atomic E-state index is 3.81. The van der Waals surface area contributed by atoms with Crippen molar-refractivity contribution in [3.63, 3.8) is 0 Å². The summed E-state index contributed by atoms with van der Waals surface area (Å²) in [6.07, 6.45) is 0. The summed E-state index contributed by atoms with van der Waals surface area (Å²) in [5.74, 6) is 0. The lowest BCUT2D eigenvalue weighted by atomic mass is 9.96. The summed E-state index contributed by atoms with van der Waals surface area (Å²) in [4.78, 5) is 0. The van der Waals surface area contributed by atoms with Crippen molar-refractivity contribution in [3.8, 4) is 22.3 Å². The summed E-state index contributed by atoms with van der Waals surface area (Å²) in [5, 5.41) is 2.45. The second kappa shape index (κ2) is 8.06. The molecule has 0 saturated carbocycles. The first kappa shape index (κ1) is 20.3. The molecule has 0 radical (unpaired) electrons. The van der Waals surface area contributed by atoms with Crippen molar-refractivity contribution in [2.45, 2.75) is 13.8 Å². The van der Waals surface area contributed by atoms with E-state index in [1.807, 2.05) is 0 Å². The average molecular weight is 624 g/mol. The van der Waals surface area contributed by atoms with Crippen LogP contribution in [0, 0.1) is 13.8 Å². The van der Waals surface area contributed by atoms with Crippen LogP contribution in [0.3, 0.4) is 0 Å². The SMILES string of the molecule is Cc1cc(Br)c(-c2cc(Br)c(-c3cc4ccccc4cc3Br)cc2Br)cc1C. The molecular weight excluding hydrogens is 608 g/mol. The topological polar surface area (TPSA) is 0 Å². The Hall–Kier alpha value is -0.940. The third-order valence-corrected chi connectivity index (χ3v) is 7.68. The Morgan fingerprint density at radius 3 is 1.46 bits per heavy atom. The third kappa shape index (κ3) is 3.77. The molecule has 28 heavy (non-hydrogen) atoms. The van der Waals surface area contributed by atoms with E-state index in [4.69, 9.17) is 0 Å². The highest BCUT2D eigenvalue weighted by Gasteiger charge is 2.15. The Balaban J connectivity index is 1.90. The molecule has 0 aliphatic carbocycles. The van der Waals surface area contributed by atoms with Crippen LogP contribution in [0.2, 0.25) is 0 Å². The summed E-state index contributed by atoms with van der Waals surface area (Å²) in [6.45, 7) is 4.28. The van der Waals surface area contributed by atoms with E-state index in [-0.39, 0.29) is 0 Å². The van der Waals surface area contributed by atoms with Gasteiger partial charge in [0.15, 0.2) is 0 Å². The molecule has 0 spiro atoms. The maximum absolute atomic E-state index is 3.81. The van der Waals surface area contributed by atoms with Crippen molar-refractivity contribution in [1.29, 1.82) is 0 Å². The van der Waals surface area contributed by atoms with Crippen molar-refractivity contribution in [1.82, 2.24) is 0 Å². The molecule has 140 valence electrons. The van der Waals surface area contributed by atoms with Gasteiger partial charge in [-0.1, -0.05) is 94.1 Å². The molecule has 4 rings (SSSR count). The van der Waals surface area contributed by atoms with E-state index in [2.05, 4.69) is 138 Å². The van der Waals surface area contributed by atoms with E-state index >= 15 is 0 Å². The lowest BCUT2D eigenvalue weighted by Crippen LogP contribution is -1.90. The van der Waals surface area contributed by atoms with Gasteiger partial charge in [0.05, 0.1) is 0 Å². The van der Waals surface area contributed by atoms with Gasteiger partial charge < -0.3 is 0 Å². The van der Waals surface area contributed by atoms with Gasteiger partial charge in [0.2, 0.25) is 0 Å². The monoisotopic (exact) mass is 620 g/mol. The molecule has 0 atom stereocenters.